The van der Waals surface area contributed by atoms with Crippen LogP contribution >= 0.6 is 0 Å². The molecule has 3 aromatic heterocycles. The number of aromatic nitrogens is 5. The first-order valence-corrected chi connectivity index (χ1v) is 8.04. The van der Waals surface area contributed by atoms with E-state index in [0.29, 0.717) is 46.7 Å². The van der Waals surface area contributed by atoms with E-state index in [-0.39, 0.29) is 11.4 Å². The fourth-order valence-corrected chi connectivity index (χ4v) is 2.86. The molecule has 0 radical (unpaired) electrons. The second-order valence-electron chi connectivity index (χ2n) is 5.69. The van der Waals surface area contributed by atoms with Gasteiger partial charge in [-0.2, -0.15) is 10.1 Å². The first-order valence-electron chi connectivity index (χ1n) is 8.04. The van der Waals surface area contributed by atoms with Crippen LogP contribution in [0.2, 0.25) is 0 Å². The second-order valence-corrected chi connectivity index (χ2v) is 5.69. The third kappa shape index (κ3) is 2.54. The van der Waals surface area contributed by atoms with Gasteiger partial charge in [-0.05, 0) is 12.1 Å². The van der Waals surface area contributed by atoms with Gasteiger partial charge in [-0.15, -0.1) is 0 Å². The van der Waals surface area contributed by atoms with Crippen LogP contribution in [0.1, 0.15) is 0 Å². The van der Waals surface area contributed by atoms with Gasteiger partial charge in [0.2, 0.25) is 5.95 Å². The summed E-state index contributed by atoms with van der Waals surface area (Å²) in [6, 6.07) is 9.27. The van der Waals surface area contributed by atoms with E-state index in [1.54, 1.807) is 13.3 Å². The molecule has 9 heteroatoms. The number of methoxy groups -OCH3 is 1. The quantitative estimate of drug-likeness (QED) is 0.463. The topological polar surface area (TPSA) is 124 Å². The minimum atomic E-state index is -0.286. The van der Waals surface area contributed by atoms with Gasteiger partial charge in [0.05, 0.1) is 23.2 Å². The maximum atomic E-state index is 13.1. The highest BCUT2D eigenvalue weighted by molar-refractivity contribution is 6.05. The van der Waals surface area contributed by atoms with E-state index in [0.717, 1.165) is 0 Å². The number of anilines is 2. The molecule has 0 atom stereocenters. The number of fused-ring (bicyclic) bond motifs is 3. The first-order chi connectivity index (χ1) is 12.7. The highest BCUT2D eigenvalue weighted by atomic mass is 16.5. The van der Waals surface area contributed by atoms with Crippen LogP contribution in [-0.2, 0) is 4.74 Å². The van der Waals surface area contributed by atoms with Crippen molar-refractivity contribution in [3.05, 3.63) is 46.9 Å². The summed E-state index contributed by atoms with van der Waals surface area (Å²) in [7, 11) is 1.62. The van der Waals surface area contributed by atoms with E-state index in [4.69, 9.17) is 10.5 Å². The molecule has 4 aromatic rings. The zero-order valence-electron chi connectivity index (χ0n) is 14.1. The Bertz CT molecular complexity index is 1130. The number of para-hydroxylation sites is 1. The van der Waals surface area contributed by atoms with Gasteiger partial charge in [0.25, 0.3) is 5.56 Å². The van der Waals surface area contributed by atoms with Crippen molar-refractivity contribution < 1.29 is 4.74 Å². The minimum absolute atomic E-state index is 0.152. The lowest BCUT2D eigenvalue weighted by Gasteiger charge is -2.12. The van der Waals surface area contributed by atoms with Crippen LogP contribution < -0.4 is 16.6 Å². The Morgan fingerprint density at radius 2 is 2.12 bits per heavy atom. The maximum Gasteiger partial charge on any atom is 0.270 e. The number of H-pyrrole nitrogens is 1. The van der Waals surface area contributed by atoms with Crippen molar-refractivity contribution in [2.75, 3.05) is 31.3 Å². The van der Waals surface area contributed by atoms with E-state index >= 15 is 0 Å². The fourth-order valence-electron chi connectivity index (χ4n) is 2.86. The van der Waals surface area contributed by atoms with Crippen LogP contribution in [0.5, 0.6) is 0 Å². The molecule has 3 heterocycles. The molecule has 132 valence electrons. The molecular formula is C17H17N7O2. The largest absolute Gasteiger partial charge is 0.383 e. The Morgan fingerprint density at radius 3 is 2.88 bits per heavy atom. The number of nitrogens with zero attached hydrogens (tertiary/aromatic N) is 4. The van der Waals surface area contributed by atoms with Crippen molar-refractivity contribution in [3.8, 4) is 5.69 Å². The van der Waals surface area contributed by atoms with Crippen LogP contribution in [0.4, 0.5) is 11.8 Å². The summed E-state index contributed by atoms with van der Waals surface area (Å²) >= 11 is 0. The van der Waals surface area contributed by atoms with Crippen LogP contribution in [0.15, 0.2) is 41.3 Å². The number of pyridine rings is 1. The second kappa shape index (κ2) is 6.45. The van der Waals surface area contributed by atoms with E-state index < -0.39 is 0 Å². The Balaban J connectivity index is 2.03. The highest BCUT2D eigenvalue weighted by Gasteiger charge is 2.18. The van der Waals surface area contributed by atoms with Crippen LogP contribution in [-0.4, -0.2) is 45.0 Å². The average Bonchev–Trinajstić information content (AvgIpc) is 3.05. The normalized spacial score (nSPS) is 11.3. The van der Waals surface area contributed by atoms with E-state index in [1.807, 2.05) is 30.3 Å². The van der Waals surface area contributed by atoms with Gasteiger partial charge >= 0.3 is 0 Å². The molecule has 0 aliphatic carbocycles. The van der Waals surface area contributed by atoms with Gasteiger partial charge in [0, 0.05) is 19.9 Å². The molecular weight excluding hydrogens is 334 g/mol. The highest BCUT2D eigenvalue weighted by Crippen LogP contribution is 2.25. The average molecular weight is 351 g/mol. The van der Waals surface area contributed by atoms with E-state index in [9.17, 15) is 4.79 Å². The Kier molecular flexibility index (Phi) is 3.98. The van der Waals surface area contributed by atoms with Crippen molar-refractivity contribution >= 4 is 33.7 Å². The molecule has 4 N–H and O–H groups in total. The summed E-state index contributed by atoms with van der Waals surface area (Å²) in [4.78, 5) is 22.0. The third-order valence-corrected chi connectivity index (χ3v) is 4.06. The lowest BCUT2D eigenvalue weighted by molar-refractivity contribution is 0.210. The molecule has 0 saturated carbocycles. The number of hydrogen-bond acceptors (Lipinski definition) is 7. The molecule has 0 amide bonds. The first kappa shape index (κ1) is 16.0. The predicted octanol–water partition coefficient (Wildman–Crippen LogP) is 1.30. The van der Waals surface area contributed by atoms with Crippen LogP contribution in [0.3, 0.4) is 0 Å². The standard InChI is InChI=1S/C17H17N7O2/c1-26-8-7-19-17-20-9-11-13-12(14(18)23-22-13)16(25)24(15(11)21-17)10-5-3-2-4-6-10/h2-6,9H,7-8H2,1H3,(H3,18,22,23)(H,19,20,21). The zero-order valence-corrected chi connectivity index (χ0v) is 14.1. The fraction of sp³-hybridized carbons (Fsp3) is 0.176. The molecule has 0 bridgehead atoms. The molecule has 26 heavy (non-hydrogen) atoms. The summed E-state index contributed by atoms with van der Waals surface area (Å²) in [5.41, 5.74) is 7.30. The van der Waals surface area contributed by atoms with Crippen molar-refractivity contribution in [3.63, 3.8) is 0 Å². The van der Waals surface area contributed by atoms with E-state index in [1.165, 1.54) is 4.57 Å². The van der Waals surface area contributed by atoms with Crippen molar-refractivity contribution in [2.24, 2.45) is 0 Å². The molecule has 9 nitrogen and oxygen atoms in total. The number of nitrogens with one attached hydrogen (secondary N) is 2. The van der Waals surface area contributed by atoms with Crippen LogP contribution in [0.25, 0.3) is 27.6 Å². The maximum absolute atomic E-state index is 13.1. The van der Waals surface area contributed by atoms with Crippen molar-refractivity contribution in [2.45, 2.75) is 0 Å². The smallest absolute Gasteiger partial charge is 0.270 e. The van der Waals surface area contributed by atoms with Gasteiger partial charge in [-0.1, -0.05) is 18.2 Å². The lowest BCUT2D eigenvalue weighted by Crippen LogP contribution is -2.21. The zero-order chi connectivity index (χ0) is 18.1. The third-order valence-electron chi connectivity index (χ3n) is 4.06. The number of hydrogen-bond donors (Lipinski definition) is 3. The monoisotopic (exact) mass is 351 g/mol. The predicted molar refractivity (Wildman–Crippen MR) is 99.6 cm³/mol. The number of ether oxygens (including phenoxy) is 1. The summed E-state index contributed by atoms with van der Waals surface area (Å²) < 4.78 is 6.54. The van der Waals surface area contributed by atoms with E-state index in [2.05, 4.69) is 25.5 Å². The van der Waals surface area contributed by atoms with Gasteiger partial charge < -0.3 is 15.8 Å². The minimum Gasteiger partial charge on any atom is -0.383 e. The molecule has 0 spiro atoms. The van der Waals surface area contributed by atoms with Gasteiger partial charge in [0.15, 0.2) is 11.5 Å². The summed E-state index contributed by atoms with van der Waals surface area (Å²) in [6.07, 6.45) is 1.65. The number of nitrogens with two attached hydrogens (primary N) is 1. The van der Waals surface area contributed by atoms with Crippen molar-refractivity contribution in [1.29, 1.82) is 0 Å². The summed E-state index contributed by atoms with van der Waals surface area (Å²) in [5.74, 6) is 0.560. The number of nitrogen functional groups attached to an aromatic ring is 1. The molecule has 4 rings (SSSR count). The SMILES string of the molecule is COCCNc1ncc2c3[nH]nc(N)c3c(=O)n(-c3ccccc3)c2n1. The molecule has 0 saturated heterocycles. The number of rotatable bonds is 5. The summed E-state index contributed by atoms with van der Waals surface area (Å²) in [6.45, 7) is 1.07. The lowest BCUT2D eigenvalue weighted by atomic mass is 10.2. The Hall–Kier alpha value is -3.46. The van der Waals surface area contributed by atoms with Gasteiger partial charge in [-0.3, -0.25) is 14.5 Å². The van der Waals surface area contributed by atoms with Crippen LogP contribution in [0, 0.1) is 0 Å². The Labute approximate surface area is 147 Å². The molecule has 0 unspecified atom stereocenters. The molecule has 0 aliphatic rings. The molecule has 1 aromatic carbocycles. The molecule has 0 aliphatic heterocycles. The van der Waals surface area contributed by atoms with Gasteiger partial charge in [0.1, 0.15) is 5.39 Å². The van der Waals surface area contributed by atoms with Crippen molar-refractivity contribution in [1.82, 2.24) is 24.7 Å². The number of aromatic amines is 1. The van der Waals surface area contributed by atoms with Gasteiger partial charge in [-0.25, -0.2) is 4.98 Å². The summed E-state index contributed by atoms with van der Waals surface area (Å²) in [5, 5.41) is 10.8. The molecule has 0 fully saturated rings. The Morgan fingerprint density at radius 1 is 1.31 bits per heavy atom. The number of benzene rings is 1.